The molecule has 3 nitrogen and oxygen atoms in total. The molecule has 1 aliphatic rings. The van der Waals surface area contributed by atoms with Gasteiger partial charge in [-0.15, -0.1) is 0 Å². The molecule has 0 saturated carbocycles. The van der Waals surface area contributed by atoms with Crippen molar-refractivity contribution in [2.24, 2.45) is 0 Å². The number of ether oxygens (including phenoxy) is 1. The number of nitrogens with zero attached hydrogens (tertiary/aromatic N) is 1. The van der Waals surface area contributed by atoms with Crippen molar-refractivity contribution in [2.75, 3.05) is 33.3 Å². The van der Waals surface area contributed by atoms with Crippen LogP contribution in [0, 0.1) is 12.7 Å². The minimum Gasteiger partial charge on any atom is -0.374 e. The average Bonchev–Trinajstić information content (AvgIpc) is 2.38. The molecule has 0 spiro atoms. The number of morpholine rings is 1. The topological polar surface area (TPSA) is 24.5 Å². The van der Waals surface area contributed by atoms with Crippen molar-refractivity contribution in [3.8, 4) is 0 Å². The Morgan fingerprint density at radius 1 is 1.45 bits per heavy atom. The van der Waals surface area contributed by atoms with Gasteiger partial charge in [-0.05, 0) is 50.2 Å². The molecule has 0 aliphatic carbocycles. The van der Waals surface area contributed by atoms with Gasteiger partial charge in [-0.2, -0.15) is 0 Å². The number of likely N-dealkylation sites (N-methyl/N-ethyl adjacent to an activating group) is 1. The Balaban J connectivity index is 2.21. The smallest absolute Gasteiger partial charge is 0.123 e. The lowest BCUT2D eigenvalue weighted by Gasteiger charge is -2.36. The number of aryl methyl sites for hydroxylation is 1. The fourth-order valence-corrected chi connectivity index (χ4v) is 2.72. The van der Waals surface area contributed by atoms with E-state index in [9.17, 15) is 4.39 Å². The standard InChI is InChI=1S/C16H25FN2O/c1-4-5-18-16(15-11-19(3)6-7-20-15)13-8-12(2)9-14(17)10-13/h8-10,15-16,18H,4-7,11H2,1-3H3. The summed E-state index contributed by atoms with van der Waals surface area (Å²) in [4.78, 5) is 2.26. The molecule has 0 radical (unpaired) electrons. The molecule has 0 aromatic heterocycles. The first kappa shape index (κ1) is 15.4. The molecule has 0 amide bonds. The molecule has 112 valence electrons. The van der Waals surface area contributed by atoms with Crippen LogP contribution in [-0.2, 0) is 4.74 Å². The van der Waals surface area contributed by atoms with Gasteiger partial charge in [0, 0.05) is 13.1 Å². The van der Waals surface area contributed by atoms with E-state index in [0.717, 1.165) is 43.8 Å². The van der Waals surface area contributed by atoms with E-state index in [2.05, 4.69) is 24.2 Å². The lowest BCUT2D eigenvalue weighted by Crippen LogP contribution is -2.46. The molecule has 0 bridgehead atoms. The molecular formula is C16H25FN2O. The minimum absolute atomic E-state index is 0.0482. The van der Waals surface area contributed by atoms with E-state index in [-0.39, 0.29) is 18.0 Å². The Morgan fingerprint density at radius 3 is 2.90 bits per heavy atom. The minimum atomic E-state index is -0.174. The highest BCUT2D eigenvalue weighted by atomic mass is 19.1. The average molecular weight is 280 g/mol. The summed E-state index contributed by atoms with van der Waals surface area (Å²) < 4.78 is 19.6. The first-order chi connectivity index (χ1) is 9.60. The highest BCUT2D eigenvalue weighted by molar-refractivity contribution is 5.27. The molecular weight excluding hydrogens is 255 g/mol. The summed E-state index contributed by atoms with van der Waals surface area (Å²) in [6.07, 6.45) is 1.12. The second-order valence-corrected chi connectivity index (χ2v) is 5.67. The van der Waals surface area contributed by atoms with Crippen molar-refractivity contribution in [1.29, 1.82) is 0 Å². The second-order valence-electron chi connectivity index (χ2n) is 5.67. The zero-order valence-electron chi connectivity index (χ0n) is 12.7. The zero-order chi connectivity index (χ0) is 14.5. The molecule has 1 aliphatic heterocycles. The number of benzene rings is 1. The molecule has 1 fully saturated rings. The van der Waals surface area contributed by atoms with Gasteiger partial charge in [0.05, 0.1) is 18.8 Å². The summed E-state index contributed by atoms with van der Waals surface area (Å²) in [5, 5.41) is 3.51. The maximum absolute atomic E-state index is 13.7. The van der Waals surface area contributed by atoms with E-state index >= 15 is 0 Å². The van der Waals surface area contributed by atoms with E-state index in [1.54, 1.807) is 12.1 Å². The van der Waals surface area contributed by atoms with E-state index < -0.39 is 0 Å². The first-order valence-corrected chi connectivity index (χ1v) is 7.40. The zero-order valence-corrected chi connectivity index (χ0v) is 12.7. The van der Waals surface area contributed by atoms with Crippen LogP contribution in [0.1, 0.15) is 30.5 Å². The highest BCUT2D eigenvalue weighted by Gasteiger charge is 2.28. The summed E-state index contributed by atoms with van der Waals surface area (Å²) >= 11 is 0. The van der Waals surface area contributed by atoms with Crippen LogP contribution in [-0.4, -0.2) is 44.3 Å². The fraction of sp³-hybridized carbons (Fsp3) is 0.625. The van der Waals surface area contributed by atoms with Crippen LogP contribution < -0.4 is 5.32 Å². The van der Waals surface area contributed by atoms with Crippen LogP contribution >= 0.6 is 0 Å². The third-order valence-electron chi connectivity index (χ3n) is 3.71. The summed E-state index contributed by atoms with van der Waals surface area (Å²) in [5.41, 5.74) is 1.93. The second kappa shape index (κ2) is 7.16. The number of rotatable bonds is 5. The fourth-order valence-electron chi connectivity index (χ4n) is 2.72. The van der Waals surface area contributed by atoms with Crippen LogP contribution in [0.3, 0.4) is 0 Å². The lowest BCUT2D eigenvalue weighted by molar-refractivity contribution is -0.0392. The molecule has 20 heavy (non-hydrogen) atoms. The predicted molar refractivity (Wildman–Crippen MR) is 79.4 cm³/mol. The summed E-state index contributed by atoms with van der Waals surface area (Å²) in [5.74, 6) is -0.174. The molecule has 1 N–H and O–H groups in total. The van der Waals surface area contributed by atoms with Gasteiger partial charge < -0.3 is 15.0 Å². The van der Waals surface area contributed by atoms with Crippen LogP contribution in [0.15, 0.2) is 18.2 Å². The van der Waals surface area contributed by atoms with E-state index in [1.807, 2.05) is 13.0 Å². The van der Waals surface area contributed by atoms with Crippen molar-refractivity contribution < 1.29 is 9.13 Å². The number of hydrogen-bond acceptors (Lipinski definition) is 3. The third kappa shape index (κ3) is 4.01. The maximum atomic E-state index is 13.7. The van der Waals surface area contributed by atoms with Crippen LogP contribution in [0.5, 0.6) is 0 Å². The Bertz CT molecular complexity index is 418. The van der Waals surface area contributed by atoms with Crippen molar-refractivity contribution in [3.05, 3.63) is 35.1 Å². The molecule has 2 atom stereocenters. The van der Waals surface area contributed by atoms with E-state index in [1.165, 1.54) is 0 Å². The quantitative estimate of drug-likeness (QED) is 0.897. The Morgan fingerprint density at radius 2 is 2.25 bits per heavy atom. The molecule has 1 saturated heterocycles. The van der Waals surface area contributed by atoms with E-state index in [0.29, 0.717) is 0 Å². The van der Waals surface area contributed by atoms with Gasteiger partial charge in [0.15, 0.2) is 0 Å². The van der Waals surface area contributed by atoms with Gasteiger partial charge in [0.2, 0.25) is 0 Å². The van der Waals surface area contributed by atoms with Crippen LogP contribution in [0.4, 0.5) is 4.39 Å². The maximum Gasteiger partial charge on any atom is 0.123 e. The normalized spacial score (nSPS) is 21.9. The Labute approximate surface area is 121 Å². The first-order valence-electron chi connectivity index (χ1n) is 7.40. The van der Waals surface area contributed by atoms with Gasteiger partial charge in [-0.25, -0.2) is 4.39 Å². The lowest BCUT2D eigenvalue weighted by atomic mass is 9.98. The number of halogens is 1. The molecule has 2 rings (SSSR count). The Hall–Kier alpha value is -0.970. The van der Waals surface area contributed by atoms with E-state index in [4.69, 9.17) is 4.74 Å². The molecule has 1 aromatic carbocycles. The monoisotopic (exact) mass is 280 g/mol. The van der Waals surface area contributed by atoms with Crippen LogP contribution in [0.25, 0.3) is 0 Å². The van der Waals surface area contributed by atoms with Gasteiger partial charge in [-0.3, -0.25) is 0 Å². The number of nitrogens with one attached hydrogen (secondary N) is 1. The van der Waals surface area contributed by atoms with Crippen molar-refractivity contribution >= 4 is 0 Å². The molecule has 1 aromatic rings. The van der Waals surface area contributed by atoms with Gasteiger partial charge >= 0.3 is 0 Å². The van der Waals surface area contributed by atoms with Crippen molar-refractivity contribution in [3.63, 3.8) is 0 Å². The highest BCUT2D eigenvalue weighted by Crippen LogP contribution is 2.24. The van der Waals surface area contributed by atoms with Crippen LogP contribution in [0.2, 0.25) is 0 Å². The largest absolute Gasteiger partial charge is 0.374 e. The Kier molecular flexibility index (Phi) is 5.52. The molecule has 2 unspecified atom stereocenters. The van der Waals surface area contributed by atoms with Gasteiger partial charge in [0.1, 0.15) is 5.82 Å². The predicted octanol–water partition coefficient (Wildman–Crippen LogP) is 2.51. The SMILES string of the molecule is CCCNC(c1cc(C)cc(F)c1)C1CN(C)CCO1. The van der Waals surface area contributed by atoms with Gasteiger partial charge in [-0.1, -0.05) is 13.0 Å². The third-order valence-corrected chi connectivity index (χ3v) is 3.71. The number of hydrogen-bond donors (Lipinski definition) is 1. The molecule has 4 heteroatoms. The summed E-state index contributed by atoms with van der Waals surface area (Å²) in [6, 6.07) is 5.29. The summed E-state index contributed by atoms with van der Waals surface area (Å²) in [6.45, 7) is 7.53. The molecule has 1 heterocycles. The van der Waals surface area contributed by atoms with Crippen molar-refractivity contribution in [1.82, 2.24) is 10.2 Å². The van der Waals surface area contributed by atoms with Gasteiger partial charge in [0.25, 0.3) is 0 Å². The summed E-state index contributed by atoms with van der Waals surface area (Å²) in [7, 11) is 2.10. The van der Waals surface area contributed by atoms with Crippen molar-refractivity contribution in [2.45, 2.75) is 32.4 Å².